The summed E-state index contributed by atoms with van der Waals surface area (Å²) >= 11 is 0. The largest absolute Gasteiger partial charge is 0.438 e. The molecule has 5 heteroatoms. The molecule has 140 valence electrons. The van der Waals surface area contributed by atoms with E-state index in [1.807, 2.05) is 12.2 Å². The molecule has 0 amide bonds. The van der Waals surface area contributed by atoms with Crippen LogP contribution in [0.25, 0.3) is 0 Å². The molecule has 0 aromatic heterocycles. The van der Waals surface area contributed by atoms with Gasteiger partial charge in [0.05, 0.1) is 11.5 Å². The molecular weight excluding hydrogens is 332 g/mol. The molecule has 0 saturated heterocycles. The van der Waals surface area contributed by atoms with Crippen molar-refractivity contribution in [3.05, 3.63) is 12.2 Å². The van der Waals surface area contributed by atoms with Gasteiger partial charge in [0.15, 0.2) is 6.79 Å². The normalized spacial score (nSPS) is 44.6. The molecule has 0 radical (unpaired) electrons. The van der Waals surface area contributed by atoms with E-state index in [4.69, 9.17) is 9.47 Å². The first kappa shape index (κ1) is 16.7. The Labute approximate surface area is 153 Å². The molecule has 7 atom stereocenters. The van der Waals surface area contributed by atoms with Gasteiger partial charge in [-0.15, -0.1) is 0 Å². The third-order valence-corrected chi connectivity index (χ3v) is 7.79. The van der Waals surface area contributed by atoms with E-state index in [1.54, 1.807) is 0 Å². The van der Waals surface area contributed by atoms with Crippen LogP contribution in [0.3, 0.4) is 0 Å². The number of carbonyl (C=O) groups excluding carboxylic acids is 3. The number of Topliss-reactive ketones (excluding diaryl/α,β-unsaturated/α-hetero) is 2. The van der Waals surface area contributed by atoms with E-state index in [-0.39, 0.29) is 65.4 Å². The number of allylic oxidation sites excluding steroid dienone is 2. The summed E-state index contributed by atoms with van der Waals surface area (Å²) in [7, 11) is 0. The average molecular weight is 358 g/mol. The van der Waals surface area contributed by atoms with E-state index in [2.05, 4.69) is 6.92 Å². The Morgan fingerprint density at radius 3 is 2.50 bits per heavy atom. The molecule has 5 aliphatic carbocycles. The number of esters is 1. The fourth-order valence-corrected chi connectivity index (χ4v) is 6.56. The zero-order valence-electron chi connectivity index (χ0n) is 15.2. The van der Waals surface area contributed by atoms with Crippen molar-refractivity contribution < 1.29 is 23.9 Å². The lowest BCUT2D eigenvalue weighted by Crippen LogP contribution is -2.37. The Hall–Kier alpha value is -1.49. The smallest absolute Gasteiger partial charge is 0.311 e. The number of hydrogen-bond donors (Lipinski definition) is 0. The summed E-state index contributed by atoms with van der Waals surface area (Å²) in [6.07, 6.45) is 10.0. The van der Waals surface area contributed by atoms with Crippen LogP contribution in [-0.2, 0) is 23.9 Å². The van der Waals surface area contributed by atoms with Crippen molar-refractivity contribution in [3.8, 4) is 0 Å². The highest BCUT2D eigenvalue weighted by Crippen LogP contribution is 2.64. The fraction of sp³-hybridized carbons (Fsp3) is 0.762. The maximum Gasteiger partial charge on any atom is 0.311 e. The molecule has 4 saturated carbocycles. The van der Waals surface area contributed by atoms with Gasteiger partial charge in [0.2, 0.25) is 0 Å². The lowest BCUT2D eigenvalue weighted by Gasteiger charge is -2.34. The van der Waals surface area contributed by atoms with Crippen LogP contribution in [0.4, 0.5) is 0 Å². The number of rotatable bonds is 4. The van der Waals surface area contributed by atoms with Crippen molar-refractivity contribution in [2.45, 2.75) is 51.0 Å². The Morgan fingerprint density at radius 2 is 1.77 bits per heavy atom. The van der Waals surface area contributed by atoms with Crippen LogP contribution in [-0.4, -0.2) is 29.9 Å². The highest BCUT2D eigenvalue weighted by Gasteiger charge is 2.69. The van der Waals surface area contributed by atoms with E-state index in [9.17, 15) is 14.4 Å². The van der Waals surface area contributed by atoms with Gasteiger partial charge in [-0.1, -0.05) is 31.4 Å². The van der Waals surface area contributed by atoms with Gasteiger partial charge in [0, 0.05) is 23.7 Å². The van der Waals surface area contributed by atoms with Gasteiger partial charge in [-0.05, 0) is 38.0 Å². The first-order valence-electron chi connectivity index (χ1n) is 10.1. The van der Waals surface area contributed by atoms with E-state index in [0.717, 1.165) is 25.7 Å². The fourth-order valence-electron chi connectivity index (χ4n) is 6.56. The highest BCUT2D eigenvalue weighted by atomic mass is 16.7. The lowest BCUT2D eigenvalue weighted by atomic mass is 9.69. The van der Waals surface area contributed by atoms with Crippen molar-refractivity contribution >= 4 is 17.5 Å². The third kappa shape index (κ3) is 2.22. The highest BCUT2D eigenvalue weighted by molar-refractivity contribution is 6.01. The van der Waals surface area contributed by atoms with Crippen LogP contribution in [0.2, 0.25) is 0 Å². The van der Waals surface area contributed by atoms with Gasteiger partial charge in [0.25, 0.3) is 0 Å². The lowest BCUT2D eigenvalue weighted by molar-refractivity contribution is -0.182. The number of carbonyl (C=O) groups is 3. The molecule has 0 heterocycles. The van der Waals surface area contributed by atoms with E-state index in [1.165, 1.54) is 6.42 Å². The molecule has 0 spiro atoms. The first-order chi connectivity index (χ1) is 12.5. The average Bonchev–Trinajstić information content (AvgIpc) is 3.32. The van der Waals surface area contributed by atoms with Crippen molar-refractivity contribution in [3.63, 3.8) is 0 Å². The predicted molar refractivity (Wildman–Crippen MR) is 91.7 cm³/mol. The molecule has 26 heavy (non-hydrogen) atoms. The molecular formula is C21H26O5. The first-order valence-corrected chi connectivity index (χ1v) is 10.1. The third-order valence-electron chi connectivity index (χ3n) is 7.79. The quantitative estimate of drug-likeness (QED) is 0.334. The van der Waals surface area contributed by atoms with E-state index in [0.29, 0.717) is 6.42 Å². The standard InChI is InChI=1S/C21H26O5/c1-21(7-3-2-4-8-21)26-10-25-20(24)14-9-13-15-11-5-6-12(18(11)22)16(15)17(14)19(13)23/h5-6,11-17H,2-4,7-10H2,1H3. The maximum absolute atomic E-state index is 12.7. The van der Waals surface area contributed by atoms with Gasteiger partial charge in [-0.3, -0.25) is 14.4 Å². The van der Waals surface area contributed by atoms with Crippen LogP contribution >= 0.6 is 0 Å². The minimum Gasteiger partial charge on any atom is -0.438 e. The molecule has 5 nitrogen and oxygen atoms in total. The molecule has 0 aliphatic heterocycles. The summed E-state index contributed by atoms with van der Waals surface area (Å²) in [5, 5.41) is 0. The Balaban J connectivity index is 1.23. The zero-order valence-corrected chi connectivity index (χ0v) is 15.2. The van der Waals surface area contributed by atoms with Gasteiger partial charge in [-0.25, -0.2) is 0 Å². The monoisotopic (exact) mass is 358 g/mol. The van der Waals surface area contributed by atoms with Crippen LogP contribution in [0, 0.1) is 41.4 Å². The number of ether oxygens (including phenoxy) is 2. The topological polar surface area (TPSA) is 69.7 Å². The maximum atomic E-state index is 12.7. The SMILES string of the molecule is CC1(OCOC(=O)C2CC3C(=O)C2C2C4C=CC(C4=O)C32)CCCCC1. The summed E-state index contributed by atoms with van der Waals surface area (Å²) in [4.78, 5) is 37.7. The van der Waals surface area contributed by atoms with Crippen molar-refractivity contribution in [1.82, 2.24) is 0 Å². The van der Waals surface area contributed by atoms with Crippen molar-refractivity contribution in [2.75, 3.05) is 6.79 Å². The summed E-state index contributed by atoms with van der Waals surface area (Å²) in [6, 6.07) is 0. The van der Waals surface area contributed by atoms with Gasteiger partial charge >= 0.3 is 5.97 Å². The molecule has 5 rings (SSSR count). The van der Waals surface area contributed by atoms with E-state index < -0.39 is 5.92 Å². The summed E-state index contributed by atoms with van der Waals surface area (Å²) in [5.74, 6) is -0.810. The molecule has 4 fully saturated rings. The molecule has 0 aromatic rings. The summed E-state index contributed by atoms with van der Waals surface area (Å²) in [5.41, 5.74) is -0.198. The van der Waals surface area contributed by atoms with E-state index >= 15 is 0 Å². The minimum atomic E-state index is -0.392. The number of fused-ring (bicyclic) bond motifs is 9. The van der Waals surface area contributed by atoms with Crippen LogP contribution in [0.15, 0.2) is 12.2 Å². The second-order valence-corrected chi connectivity index (χ2v) is 9.11. The molecule has 0 aromatic carbocycles. The molecule has 0 N–H and O–H groups in total. The van der Waals surface area contributed by atoms with Gasteiger partial charge < -0.3 is 9.47 Å². The summed E-state index contributed by atoms with van der Waals surface area (Å²) < 4.78 is 11.3. The molecule has 7 unspecified atom stereocenters. The molecule has 5 aliphatic rings. The summed E-state index contributed by atoms with van der Waals surface area (Å²) in [6.45, 7) is 2.05. The minimum absolute atomic E-state index is 0.0260. The second-order valence-electron chi connectivity index (χ2n) is 9.11. The van der Waals surface area contributed by atoms with Gasteiger partial charge in [-0.2, -0.15) is 0 Å². The zero-order chi connectivity index (χ0) is 18.1. The van der Waals surface area contributed by atoms with Crippen LogP contribution < -0.4 is 0 Å². The number of ketones is 2. The Bertz CT molecular complexity index is 689. The predicted octanol–water partition coefficient (Wildman–Crippen LogP) is 2.68. The van der Waals surface area contributed by atoms with Crippen LogP contribution in [0.5, 0.6) is 0 Å². The van der Waals surface area contributed by atoms with Crippen LogP contribution in [0.1, 0.15) is 45.4 Å². The van der Waals surface area contributed by atoms with Crippen molar-refractivity contribution in [1.29, 1.82) is 0 Å². The van der Waals surface area contributed by atoms with Gasteiger partial charge in [0.1, 0.15) is 11.6 Å². The Morgan fingerprint density at radius 1 is 1.08 bits per heavy atom. The molecule has 4 bridgehead atoms. The van der Waals surface area contributed by atoms with Crippen molar-refractivity contribution in [2.24, 2.45) is 41.4 Å². The second kappa shape index (κ2) is 5.75. The number of hydrogen-bond acceptors (Lipinski definition) is 5. The Kier molecular flexibility index (Phi) is 3.69.